The Morgan fingerprint density at radius 1 is 1.17 bits per heavy atom. The molecular weight excluding hydrogens is 380 g/mol. The Morgan fingerprint density at radius 2 is 2.03 bits per heavy atom. The van der Waals surface area contributed by atoms with Crippen LogP contribution in [0.1, 0.15) is 22.5 Å². The van der Waals surface area contributed by atoms with Crippen molar-refractivity contribution in [3.05, 3.63) is 82.8 Å². The van der Waals surface area contributed by atoms with E-state index in [4.69, 9.17) is 4.42 Å². The molecule has 4 heterocycles. The summed E-state index contributed by atoms with van der Waals surface area (Å²) in [5, 5.41) is 0. The molecule has 0 aliphatic carbocycles. The van der Waals surface area contributed by atoms with Gasteiger partial charge in [0.05, 0.1) is 12.6 Å². The Hall–Kier alpha value is -3.35. The van der Waals surface area contributed by atoms with Gasteiger partial charge in [0, 0.05) is 43.6 Å². The van der Waals surface area contributed by atoms with Gasteiger partial charge in [0.2, 0.25) is 0 Å². The first-order valence-corrected chi connectivity index (χ1v) is 10.3. The number of hydrogen-bond acceptors (Lipinski definition) is 5. The minimum Gasteiger partial charge on any atom is -0.459 e. The average Bonchev–Trinajstić information content (AvgIpc) is 3.48. The van der Waals surface area contributed by atoms with E-state index in [1.165, 1.54) is 18.2 Å². The average molecular weight is 404 g/mol. The highest BCUT2D eigenvalue weighted by Gasteiger charge is 2.53. The number of rotatable bonds is 5. The number of benzene rings is 1. The minimum absolute atomic E-state index is 0.0393. The molecule has 2 aromatic heterocycles. The zero-order valence-corrected chi connectivity index (χ0v) is 16.7. The van der Waals surface area contributed by atoms with Gasteiger partial charge in [-0.2, -0.15) is 0 Å². The lowest BCUT2D eigenvalue weighted by atomic mass is 9.76. The van der Waals surface area contributed by atoms with Crippen molar-refractivity contribution in [1.29, 1.82) is 0 Å². The van der Waals surface area contributed by atoms with Gasteiger partial charge in [-0.15, -0.1) is 0 Å². The number of likely N-dealkylation sites (tertiary alicyclic amines) is 1. The summed E-state index contributed by atoms with van der Waals surface area (Å²) < 4.78 is 5.35. The summed E-state index contributed by atoms with van der Waals surface area (Å²) >= 11 is 0. The number of aromatic amines is 1. The number of hydrogen-bond donors (Lipinski definition) is 1. The van der Waals surface area contributed by atoms with Crippen molar-refractivity contribution in [2.24, 2.45) is 11.3 Å². The van der Waals surface area contributed by atoms with E-state index < -0.39 is 0 Å². The third kappa shape index (κ3) is 3.40. The van der Waals surface area contributed by atoms with Crippen molar-refractivity contribution in [1.82, 2.24) is 14.9 Å². The fourth-order valence-corrected chi connectivity index (χ4v) is 4.99. The molecule has 30 heavy (non-hydrogen) atoms. The summed E-state index contributed by atoms with van der Waals surface area (Å²) in [6, 6.07) is 15.5. The second-order valence-corrected chi connectivity index (χ2v) is 8.36. The molecule has 2 atom stereocenters. The van der Waals surface area contributed by atoms with E-state index in [0.717, 1.165) is 25.9 Å². The van der Waals surface area contributed by atoms with Gasteiger partial charge in [-0.1, -0.05) is 30.3 Å². The number of furan rings is 1. The lowest BCUT2D eigenvalue weighted by molar-refractivity contribution is 0.0739. The molecule has 0 spiro atoms. The Morgan fingerprint density at radius 3 is 2.80 bits per heavy atom. The van der Waals surface area contributed by atoms with E-state index in [1.54, 1.807) is 18.2 Å². The zero-order chi connectivity index (χ0) is 20.6. The topological polar surface area (TPSA) is 82.4 Å². The molecular formula is C23H24N4O3. The summed E-state index contributed by atoms with van der Waals surface area (Å²) in [7, 11) is 0. The zero-order valence-electron chi connectivity index (χ0n) is 16.7. The molecule has 154 valence electrons. The number of H-pyrrole nitrogens is 1. The van der Waals surface area contributed by atoms with E-state index >= 15 is 0 Å². The van der Waals surface area contributed by atoms with Gasteiger partial charge < -0.3 is 19.2 Å². The van der Waals surface area contributed by atoms with Crippen LogP contribution in [0, 0.1) is 11.3 Å². The lowest BCUT2D eigenvalue weighted by Gasteiger charge is -2.29. The van der Waals surface area contributed by atoms with Crippen LogP contribution < -0.4 is 10.5 Å². The predicted octanol–water partition coefficient (Wildman–Crippen LogP) is 2.57. The van der Waals surface area contributed by atoms with Crippen LogP contribution in [0.25, 0.3) is 0 Å². The Kier molecular flexibility index (Phi) is 4.65. The number of aromatic nitrogens is 2. The summed E-state index contributed by atoms with van der Waals surface area (Å²) in [6.07, 6.45) is 4.92. The number of anilines is 1. The number of aryl methyl sites for hydroxylation is 1. The van der Waals surface area contributed by atoms with Crippen LogP contribution in [-0.2, 0) is 6.42 Å². The van der Waals surface area contributed by atoms with Crippen LogP contribution in [0.3, 0.4) is 0 Å². The summed E-state index contributed by atoms with van der Waals surface area (Å²) in [5.41, 5.74) is 1.11. The molecule has 2 fully saturated rings. The molecule has 5 rings (SSSR count). The van der Waals surface area contributed by atoms with E-state index in [2.05, 4.69) is 39.1 Å². The van der Waals surface area contributed by atoms with E-state index in [0.29, 0.717) is 30.6 Å². The van der Waals surface area contributed by atoms with Crippen LogP contribution in [0.5, 0.6) is 0 Å². The third-order valence-electron chi connectivity index (χ3n) is 6.52. The van der Waals surface area contributed by atoms with Crippen LogP contribution in [0.4, 0.5) is 5.82 Å². The Bertz CT molecular complexity index is 1080. The normalized spacial score (nSPS) is 23.0. The van der Waals surface area contributed by atoms with Gasteiger partial charge >= 0.3 is 0 Å². The van der Waals surface area contributed by atoms with Crippen LogP contribution in [0.15, 0.2) is 70.3 Å². The van der Waals surface area contributed by atoms with Crippen LogP contribution in [-0.4, -0.2) is 47.0 Å². The predicted molar refractivity (Wildman–Crippen MR) is 112 cm³/mol. The fourth-order valence-electron chi connectivity index (χ4n) is 4.99. The molecule has 0 radical (unpaired) electrons. The van der Waals surface area contributed by atoms with Crippen molar-refractivity contribution in [3.63, 3.8) is 0 Å². The monoisotopic (exact) mass is 404 g/mol. The Balaban J connectivity index is 1.40. The largest absolute Gasteiger partial charge is 0.459 e. The van der Waals surface area contributed by atoms with Gasteiger partial charge in [-0.3, -0.25) is 9.59 Å². The lowest BCUT2D eigenvalue weighted by Crippen LogP contribution is -2.37. The van der Waals surface area contributed by atoms with Gasteiger partial charge in [0.1, 0.15) is 5.82 Å². The second kappa shape index (κ2) is 7.48. The number of amides is 1. The maximum atomic E-state index is 12.9. The van der Waals surface area contributed by atoms with Crippen molar-refractivity contribution < 1.29 is 9.21 Å². The Labute approximate surface area is 174 Å². The van der Waals surface area contributed by atoms with E-state index in [1.807, 2.05) is 11.0 Å². The number of nitrogens with one attached hydrogen (secondary N) is 1. The highest BCUT2D eigenvalue weighted by molar-refractivity contribution is 5.91. The van der Waals surface area contributed by atoms with Gasteiger partial charge in [-0.05, 0) is 30.5 Å². The van der Waals surface area contributed by atoms with E-state index in [-0.39, 0.29) is 16.9 Å². The van der Waals surface area contributed by atoms with Crippen molar-refractivity contribution >= 4 is 11.7 Å². The van der Waals surface area contributed by atoms with Crippen LogP contribution >= 0.6 is 0 Å². The van der Waals surface area contributed by atoms with Crippen LogP contribution in [0.2, 0.25) is 0 Å². The summed E-state index contributed by atoms with van der Waals surface area (Å²) in [5.74, 6) is 1.37. The molecule has 0 unspecified atom stereocenters. The number of carbonyl (C=O) groups is 1. The van der Waals surface area contributed by atoms with Crippen molar-refractivity contribution in [3.8, 4) is 0 Å². The first kappa shape index (κ1) is 18.7. The van der Waals surface area contributed by atoms with Gasteiger partial charge in [0.15, 0.2) is 5.76 Å². The van der Waals surface area contributed by atoms with Gasteiger partial charge in [0.25, 0.3) is 11.5 Å². The molecule has 7 nitrogen and oxygen atoms in total. The molecule has 0 bridgehead atoms. The number of carbonyl (C=O) groups excluding carboxylic acids is 1. The van der Waals surface area contributed by atoms with E-state index in [9.17, 15) is 9.59 Å². The molecule has 1 amide bonds. The molecule has 2 aliphatic rings. The summed E-state index contributed by atoms with van der Waals surface area (Å²) in [4.78, 5) is 35.8. The highest BCUT2D eigenvalue weighted by Crippen LogP contribution is 2.47. The van der Waals surface area contributed by atoms with Gasteiger partial charge in [-0.25, -0.2) is 4.98 Å². The maximum Gasteiger partial charge on any atom is 0.289 e. The van der Waals surface area contributed by atoms with Crippen molar-refractivity contribution in [2.45, 2.75) is 12.8 Å². The highest BCUT2D eigenvalue weighted by atomic mass is 16.3. The first-order chi connectivity index (χ1) is 14.6. The summed E-state index contributed by atoms with van der Waals surface area (Å²) in [6.45, 7) is 2.94. The molecule has 0 saturated carbocycles. The maximum absolute atomic E-state index is 12.9. The smallest absolute Gasteiger partial charge is 0.289 e. The molecule has 7 heteroatoms. The standard InChI is InChI=1S/C23H24N4O3/c28-21-11-20(24-16-25-21)26-12-18-13-27(22(29)19-7-4-10-30-19)15-23(18,14-26)9-8-17-5-2-1-3-6-17/h1-7,10-11,16,18H,8-9,12-15H2,(H,24,25,28)/t18-,23+/m0/s1. The van der Waals surface area contributed by atoms with Crippen molar-refractivity contribution in [2.75, 3.05) is 31.1 Å². The first-order valence-electron chi connectivity index (χ1n) is 10.3. The minimum atomic E-state index is -0.148. The number of nitrogens with zero attached hydrogens (tertiary/aromatic N) is 3. The quantitative estimate of drug-likeness (QED) is 0.707. The molecule has 2 aliphatic heterocycles. The molecule has 2 saturated heterocycles. The SMILES string of the molecule is O=C(c1ccco1)N1C[C@@H]2CN(c3cc(=O)[nH]cn3)C[C@]2(CCc2ccccc2)C1. The number of fused-ring (bicyclic) bond motifs is 1. The molecule has 1 aromatic carbocycles. The second-order valence-electron chi connectivity index (χ2n) is 8.36. The fraction of sp³-hybridized carbons (Fsp3) is 0.348. The third-order valence-corrected chi connectivity index (χ3v) is 6.52. The molecule has 3 aromatic rings. The molecule has 1 N–H and O–H groups in total.